The van der Waals surface area contributed by atoms with Crippen molar-refractivity contribution in [1.82, 2.24) is 0 Å². The Kier molecular flexibility index (Phi) is 2.43. The second kappa shape index (κ2) is 3.14. The third-order valence-electron chi connectivity index (χ3n) is 1.69. The molecule has 0 bridgehead atoms. The summed E-state index contributed by atoms with van der Waals surface area (Å²) in [6.45, 7) is 0. The number of halogens is 2. The van der Waals surface area contributed by atoms with Crippen LogP contribution < -0.4 is 0 Å². The van der Waals surface area contributed by atoms with E-state index in [1.807, 2.05) is 0 Å². The van der Waals surface area contributed by atoms with E-state index in [9.17, 15) is 8.78 Å². The van der Waals surface area contributed by atoms with E-state index in [-0.39, 0.29) is 6.17 Å². The SMILES string of the molecule is F[C]1CCCC(F)CC1. The Morgan fingerprint density at radius 3 is 2.78 bits per heavy atom. The summed E-state index contributed by atoms with van der Waals surface area (Å²) in [5.41, 5.74) is 0. The summed E-state index contributed by atoms with van der Waals surface area (Å²) >= 11 is 0. The Balaban J connectivity index is 2.25. The van der Waals surface area contributed by atoms with Crippen LogP contribution in [0.25, 0.3) is 0 Å². The van der Waals surface area contributed by atoms with Crippen molar-refractivity contribution in [2.45, 2.75) is 38.3 Å². The Labute approximate surface area is 54.3 Å². The van der Waals surface area contributed by atoms with Gasteiger partial charge in [-0.1, -0.05) is 0 Å². The molecule has 0 aromatic rings. The van der Waals surface area contributed by atoms with Crippen LogP contribution in [0.2, 0.25) is 0 Å². The fraction of sp³-hybridized carbons (Fsp3) is 0.857. The minimum atomic E-state index is -0.752. The Bertz CT molecular complexity index is 73.0. The van der Waals surface area contributed by atoms with E-state index in [0.717, 1.165) is 0 Å². The lowest BCUT2D eigenvalue weighted by Gasteiger charge is -1.99. The van der Waals surface area contributed by atoms with Crippen molar-refractivity contribution in [1.29, 1.82) is 0 Å². The summed E-state index contributed by atoms with van der Waals surface area (Å²) in [5.74, 6) is 0. The summed E-state index contributed by atoms with van der Waals surface area (Å²) in [6, 6.07) is 0. The van der Waals surface area contributed by atoms with Crippen LogP contribution in [-0.2, 0) is 0 Å². The van der Waals surface area contributed by atoms with E-state index in [0.29, 0.717) is 32.1 Å². The maximum Gasteiger partial charge on any atom is 0.144 e. The third-order valence-corrected chi connectivity index (χ3v) is 1.69. The third kappa shape index (κ3) is 2.29. The first-order valence-electron chi connectivity index (χ1n) is 3.43. The molecule has 53 valence electrons. The molecule has 1 fully saturated rings. The lowest BCUT2D eigenvalue weighted by atomic mass is 10.2. The standard InChI is InChI=1S/C7H11F2/c8-6-2-1-3-7(9)5-4-6/h6H,1-5H2. The Hall–Kier alpha value is -0.140. The largest absolute Gasteiger partial charge is 0.247 e. The molecule has 1 aliphatic rings. The van der Waals surface area contributed by atoms with Gasteiger partial charge in [-0.15, -0.1) is 0 Å². The van der Waals surface area contributed by atoms with Crippen LogP contribution in [-0.4, -0.2) is 6.17 Å². The van der Waals surface area contributed by atoms with Gasteiger partial charge in [-0.3, -0.25) is 0 Å². The van der Waals surface area contributed by atoms with E-state index >= 15 is 0 Å². The van der Waals surface area contributed by atoms with Crippen LogP contribution in [0.5, 0.6) is 0 Å². The molecule has 0 amide bonds. The zero-order valence-electron chi connectivity index (χ0n) is 5.37. The molecule has 1 unspecified atom stereocenters. The molecule has 0 aliphatic heterocycles. The monoisotopic (exact) mass is 133 g/mol. The summed E-state index contributed by atoms with van der Waals surface area (Å²) in [6.07, 6.45) is 1.70. The minimum absolute atomic E-state index is 0.0184. The van der Waals surface area contributed by atoms with Crippen molar-refractivity contribution in [3.63, 3.8) is 0 Å². The van der Waals surface area contributed by atoms with E-state index in [1.165, 1.54) is 0 Å². The molecule has 1 atom stereocenters. The van der Waals surface area contributed by atoms with Crippen LogP contribution in [0.1, 0.15) is 32.1 Å². The second-order valence-corrected chi connectivity index (χ2v) is 2.55. The first-order valence-corrected chi connectivity index (χ1v) is 3.43. The van der Waals surface area contributed by atoms with Crippen molar-refractivity contribution >= 4 is 0 Å². The highest BCUT2D eigenvalue weighted by Crippen LogP contribution is 2.26. The quantitative estimate of drug-likeness (QED) is 0.446. The van der Waals surface area contributed by atoms with Gasteiger partial charge in [-0.25, -0.2) is 8.78 Å². The normalized spacial score (nSPS) is 32.0. The molecule has 0 spiro atoms. The Morgan fingerprint density at radius 1 is 1.22 bits per heavy atom. The lowest BCUT2D eigenvalue weighted by Crippen LogP contribution is -1.95. The minimum Gasteiger partial charge on any atom is -0.247 e. The van der Waals surface area contributed by atoms with Crippen molar-refractivity contribution < 1.29 is 8.78 Å². The highest BCUT2D eigenvalue weighted by molar-refractivity contribution is 4.81. The van der Waals surface area contributed by atoms with Crippen LogP contribution in [0.3, 0.4) is 0 Å². The number of hydrogen-bond donors (Lipinski definition) is 0. The maximum absolute atomic E-state index is 12.4. The van der Waals surface area contributed by atoms with Gasteiger partial charge in [0.25, 0.3) is 0 Å². The second-order valence-electron chi connectivity index (χ2n) is 2.55. The van der Waals surface area contributed by atoms with Gasteiger partial charge in [-0.05, 0) is 32.1 Å². The zero-order chi connectivity index (χ0) is 6.69. The summed E-state index contributed by atoms with van der Waals surface area (Å²) in [5, 5.41) is 0. The predicted octanol–water partition coefficient (Wildman–Crippen LogP) is 2.79. The van der Waals surface area contributed by atoms with Crippen molar-refractivity contribution in [3.8, 4) is 0 Å². The van der Waals surface area contributed by atoms with Gasteiger partial charge in [0.05, 0.1) is 0 Å². The highest BCUT2D eigenvalue weighted by atomic mass is 19.1. The van der Waals surface area contributed by atoms with Crippen LogP contribution >= 0.6 is 0 Å². The van der Waals surface area contributed by atoms with Crippen LogP contribution in [0.4, 0.5) is 8.78 Å². The molecule has 1 saturated carbocycles. The number of rotatable bonds is 0. The van der Waals surface area contributed by atoms with E-state index in [1.54, 1.807) is 0 Å². The molecule has 1 rings (SSSR count). The summed E-state index contributed by atoms with van der Waals surface area (Å²) < 4.78 is 24.8. The van der Waals surface area contributed by atoms with Crippen molar-refractivity contribution in [2.24, 2.45) is 0 Å². The molecule has 1 aliphatic carbocycles. The first kappa shape index (κ1) is 6.97. The first-order chi connectivity index (χ1) is 4.29. The number of alkyl halides is 1. The van der Waals surface area contributed by atoms with Crippen LogP contribution in [0, 0.1) is 6.17 Å². The van der Waals surface area contributed by atoms with Crippen molar-refractivity contribution in [3.05, 3.63) is 6.17 Å². The molecule has 0 nitrogen and oxygen atoms in total. The fourth-order valence-electron chi connectivity index (χ4n) is 1.10. The molecule has 0 aromatic heterocycles. The van der Waals surface area contributed by atoms with E-state index in [4.69, 9.17) is 0 Å². The van der Waals surface area contributed by atoms with E-state index < -0.39 is 6.17 Å². The molecule has 1 radical (unpaired) electrons. The van der Waals surface area contributed by atoms with Gasteiger partial charge in [0.2, 0.25) is 0 Å². The predicted molar refractivity (Wildman–Crippen MR) is 32.3 cm³/mol. The highest BCUT2D eigenvalue weighted by Gasteiger charge is 2.17. The molecule has 0 N–H and O–H groups in total. The molecule has 9 heavy (non-hydrogen) atoms. The molecule has 0 saturated heterocycles. The summed E-state index contributed by atoms with van der Waals surface area (Å²) in [4.78, 5) is 0. The van der Waals surface area contributed by atoms with Gasteiger partial charge < -0.3 is 0 Å². The van der Waals surface area contributed by atoms with Crippen LogP contribution in [0.15, 0.2) is 0 Å². The van der Waals surface area contributed by atoms with Gasteiger partial charge >= 0.3 is 0 Å². The molecule has 0 heterocycles. The van der Waals surface area contributed by atoms with Gasteiger partial charge in [0, 0.05) is 0 Å². The fourth-order valence-corrected chi connectivity index (χ4v) is 1.10. The molecular weight excluding hydrogens is 122 g/mol. The van der Waals surface area contributed by atoms with Gasteiger partial charge in [0.1, 0.15) is 12.3 Å². The lowest BCUT2D eigenvalue weighted by molar-refractivity contribution is 0.298. The smallest absolute Gasteiger partial charge is 0.144 e. The number of hydrogen-bond acceptors (Lipinski definition) is 0. The average Bonchev–Trinajstić information content (AvgIpc) is 1.97. The van der Waals surface area contributed by atoms with Gasteiger partial charge in [0.15, 0.2) is 0 Å². The van der Waals surface area contributed by atoms with E-state index in [2.05, 4.69) is 0 Å². The zero-order valence-corrected chi connectivity index (χ0v) is 5.37. The molecule has 2 heteroatoms. The van der Waals surface area contributed by atoms with Gasteiger partial charge in [-0.2, -0.15) is 0 Å². The summed E-state index contributed by atoms with van der Waals surface area (Å²) in [7, 11) is 0. The molecule has 0 aromatic carbocycles. The Morgan fingerprint density at radius 2 is 2.00 bits per heavy atom. The average molecular weight is 133 g/mol. The maximum atomic E-state index is 12.4. The van der Waals surface area contributed by atoms with Crippen molar-refractivity contribution in [2.75, 3.05) is 0 Å². The molecular formula is C7H11F2. The topological polar surface area (TPSA) is 0 Å².